The van der Waals surface area contributed by atoms with E-state index in [-0.39, 0.29) is 12.5 Å². The lowest BCUT2D eigenvalue weighted by atomic mass is 10.1. The first-order chi connectivity index (χ1) is 12.0. The van der Waals surface area contributed by atoms with Crippen LogP contribution in [0.4, 0.5) is 0 Å². The van der Waals surface area contributed by atoms with Gasteiger partial charge in [0, 0.05) is 5.02 Å². The number of hydrogen-bond acceptors (Lipinski definition) is 4. The highest BCUT2D eigenvalue weighted by Crippen LogP contribution is 2.21. The van der Waals surface area contributed by atoms with Gasteiger partial charge in [-0.1, -0.05) is 29.3 Å². The van der Waals surface area contributed by atoms with Crippen molar-refractivity contribution in [1.82, 2.24) is 25.5 Å². The minimum absolute atomic E-state index is 0.164. The molecule has 1 aromatic heterocycles. The van der Waals surface area contributed by atoms with Gasteiger partial charge >= 0.3 is 0 Å². The lowest BCUT2D eigenvalue weighted by Gasteiger charge is -2.09. The van der Waals surface area contributed by atoms with E-state index in [1.54, 1.807) is 16.8 Å². The van der Waals surface area contributed by atoms with Gasteiger partial charge in [0.05, 0.1) is 22.8 Å². The molecular weight excluding hydrogens is 361 g/mol. The molecule has 3 rings (SSSR count). The predicted octanol–water partition coefficient (Wildman–Crippen LogP) is 3.52. The number of carbonyl (C=O) groups excluding carboxylic acids is 1. The summed E-state index contributed by atoms with van der Waals surface area (Å²) < 4.78 is 1.59. The van der Waals surface area contributed by atoms with Crippen molar-refractivity contribution in [3.8, 4) is 5.69 Å². The van der Waals surface area contributed by atoms with E-state index in [4.69, 9.17) is 23.2 Å². The van der Waals surface area contributed by atoms with Crippen molar-refractivity contribution in [2.24, 2.45) is 0 Å². The number of amides is 1. The fraction of sp³-hybridized carbons (Fsp3) is 0.176. The summed E-state index contributed by atoms with van der Waals surface area (Å²) in [5, 5.41) is 15.2. The van der Waals surface area contributed by atoms with Gasteiger partial charge in [-0.2, -0.15) is 4.68 Å². The molecule has 6 nitrogen and oxygen atoms in total. The lowest BCUT2D eigenvalue weighted by Crippen LogP contribution is -2.25. The van der Waals surface area contributed by atoms with Crippen molar-refractivity contribution in [1.29, 1.82) is 0 Å². The maximum Gasteiger partial charge on any atom is 0.253 e. The Morgan fingerprint density at radius 3 is 2.64 bits per heavy atom. The average Bonchev–Trinajstić information content (AvgIpc) is 3.03. The smallest absolute Gasteiger partial charge is 0.253 e. The largest absolute Gasteiger partial charge is 0.345 e. The lowest BCUT2D eigenvalue weighted by molar-refractivity contribution is 0.0950. The number of rotatable bonds is 4. The van der Waals surface area contributed by atoms with Crippen molar-refractivity contribution in [3.05, 3.63) is 69.0 Å². The molecule has 2 aromatic carbocycles. The standard InChI is InChI=1S/C17H15Cl2N5O/c1-10-3-5-13(7-11(10)2)24-16(21-22-23-24)9-20-17(25)14-6-4-12(18)8-15(14)19/h3-8H,9H2,1-2H3,(H,20,25). The number of carbonyl (C=O) groups is 1. The van der Waals surface area contributed by atoms with Gasteiger partial charge in [-0.15, -0.1) is 5.10 Å². The predicted molar refractivity (Wildman–Crippen MR) is 96.3 cm³/mol. The maximum atomic E-state index is 12.3. The van der Waals surface area contributed by atoms with Gasteiger partial charge in [0.25, 0.3) is 5.91 Å². The average molecular weight is 376 g/mol. The Kier molecular flexibility index (Phi) is 5.01. The summed E-state index contributed by atoms with van der Waals surface area (Å²) in [5.74, 6) is 0.193. The number of nitrogens with zero attached hydrogens (tertiary/aromatic N) is 4. The highest BCUT2D eigenvalue weighted by Gasteiger charge is 2.14. The molecule has 1 N–H and O–H groups in total. The molecule has 0 atom stereocenters. The quantitative estimate of drug-likeness (QED) is 0.756. The van der Waals surface area contributed by atoms with Crippen LogP contribution in [0.15, 0.2) is 36.4 Å². The fourth-order valence-electron chi connectivity index (χ4n) is 2.30. The van der Waals surface area contributed by atoms with Gasteiger partial charge in [0.15, 0.2) is 5.82 Å². The maximum absolute atomic E-state index is 12.3. The van der Waals surface area contributed by atoms with Gasteiger partial charge in [-0.25, -0.2) is 0 Å². The molecule has 0 saturated carbocycles. The summed E-state index contributed by atoms with van der Waals surface area (Å²) in [6.07, 6.45) is 0. The monoisotopic (exact) mass is 375 g/mol. The van der Waals surface area contributed by atoms with Crippen LogP contribution in [0.1, 0.15) is 27.3 Å². The number of aryl methyl sites for hydroxylation is 2. The summed E-state index contributed by atoms with van der Waals surface area (Å²) in [6, 6.07) is 10.6. The first-order valence-corrected chi connectivity index (χ1v) is 8.29. The summed E-state index contributed by atoms with van der Waals surface area (Å²) in [5.41, 5.74) is 3.50. The van der Waals surface area contributed by atoms with Crippen LogP contribution < -0.4 is 5.32 Å². The fourth-order valence-corrected chi connectivity index (χ4v) is 2.80. The Hall–Kier alpha value is -2.44. The molecule has 1 amide bonds. The molecule has 8 heteroatoms. The van der Waals surface area contributed by atoms with Gasteiger partial charge in [0.2, 0.25) is 0 Å². The third-order valence-corrected chi connectivity index (χ3v) is 4.40. The van der Waals surface area contributed by atoms with Crippen LogP contribution in [0.5, 0.6) is 0 Å². The van der Waals surface area contributed by atoms with Crippen LogP contribution >= 0.6 is 23.2 Å². The Morgan fingerprint density at radius 2 is 1.92 bits per heavy atom. The van der Waals surface area contributed by atoms with E-state index in [1.807, 2.05) is 32.0 Å². The van der Waals surface area contributed by atoms with Crippen molar-refractivity contribution >= 4 is 29.1 Å². The Bertz CT molecular complexity index is 939. The van der Waals surface area contributed by atoms with Crippen LogP contribution in [-0.4, -0.2) is 26.1 Å². The molecule has 0 aliphatic carbocycles. The minimum Gasteiger partial charge on any atom is -0.345 e. The highest BCUT2D eigenvalue weighted by atomic mass is 35.5. The summed E-state index contributed by atoms with van der Waals surface area (Å²) in [6.45, 7) is 4.22. The number of tetrazole rings is 1. The van der Waals surface area contributed by atoms with Crippen molar-refractivity contribution in [2.75, 3.05) is 0 Å². The van der Waals surface area contributed by atoms with Gasteiger partial charge in [-0.05, 0) is 65.7 Å². The van der Waals surface area contributed by atoms with Crippen LogP contribution in [0.25, 0.3) is 5.69 Å². The second-order valence-electron chi connectivity index (χ2n) is 5.58. The molecule has 25 heavy (non-hydrogen) atoms. The summed E-state index contributed by atoms with van der Waals surface area (Å²) in [4.78, 5) is 12.3. The van der Waals surface area contributed by atoms with E-state index in [9.17, 15) is 4.79 Å². The van der Waals surface area contributed by atoms with Gasteiger partial charge < -0.3 is 5.32 Å². The molecule has 0 radical (unpaired) electrons. The SMILES string of the molecule is Cc1ccc(-n2nnnc2CNC(=O)c2ccc(Cl)cc2Cl)cc1C. The van der Waals surface area contributed by atoms with E-state index in [0.717, 1.165) is 11.3 Å². The molecule has 0 aliphatic rings. The molecular formula is C17H15Cl2N5O. The van der Waals surface area contributed by atoms with Crippen molar-refractivity contribution in [3.63, 3.8) is 0 Å². The van der Waals surface area contributed by atoms with Gasteiger partial charge in [0.1, 0.15) is 0 Å². The number of aromatic nitrogens is 4. The second kappa shape index (κ2) is 7.21. The molecule has 0 spiro atoms. The minimum atomic E-state index is -0.323. The normalized spacial score (nSPS) is 10.7. The number of hydrogen-bond donors (Lipinski definition) is 1. The molecule has 128 valence electrons. The third kappa shape index (κ3) is 3.81. The first kappa shape index (κ1) is 17.4. The van der Waals surface area contributed by atoms with Crippen LogP contribution in [0, 0.1) is 13.8 Å². The van der Waals surface area contributed by atoms with E-state index >= 15 is 0 Å². The topological polar surface area (TPSA) is 72.7 Å². The summed E-state index contributed by atoms with van der Waals surface area (Å²) in [7, 11) is 0. The zero-order chi connectivity index (χ0) is 18.0. The van der Waals surface area contributed by atoms with Gasteiger partial charge in [-0.3, -0.25) is 4.79 Å². The van der Waals surface area contributed by atoms with Crippen molar-refractivity contribution in [2.45, 2.75) is 20.4 Å². The Labute approximate surface area is 154 Å². The summed E-state index contributed by atoms with van der Waals surface area (Å²) >= 11 is 11.9. The number of halogens is 2. The molecule has 3 aromatic rings. The first-order valence-electron chi connectivity index (χ1n) is 7.54. The van der Waals surface area contributed by atoms with Crippen LogP contribution in [0.2, 0.25) is 10.0 Å². The molecule has 0 fully saturated rings. The Morgan fingerprint density at radius 1 is 1.12 bits per heavy atom. The number of benzene rings is 2. The molecule has 0 unspecified atom stereocenters. The Balaban J connectivity index is 1.77. The van der Waals surface area contributed by atoms with Crippen molar-refractivity contribution < 1.29 is 4.79 Å². The highest BCUT2D eigenvalue weighted by molar-refractivity contribution is 6.36. The van der Waals surface area contributed by atoms with E-state index in [1.165, 1.54) is 11.6 Å². The van der Waals surface area contributed by atoms with E-state index in [2.05, 4.69) is 20.8 Å². The zero-order valence-corrected chi connectivity index (χ0v) is 15.1. The second-order valence-corrected chi connectivity index (χ2v) is 6.43. The van der Waals surface area contributed by atoms with E-state index < -0.39 is 0 Å². The molecule has 0 aliphatic heterocycles. The van der Waals surface area contributed by atoms with Crippen LogP contribution in [-0.2, 0) is 6.54 Å². The van der Waals surface area contributed by atoms with E-state index in [0.29, 0.717) is 21.4 Å². The number of nitrogens with one attached hydrogen (secondary N) is 1. The molecule has 0 saturated heterocycles. The van der Waals surface area contributed by atoms with Crippen LogP contribution in [0.3, 0.4) is 0 Å². The molecule has 0 bridgehead atoms. The zero-order valence-electron chi connectivity index (χ0n) is 13.6. The third-order valence-electron chi connectivity index (χ3n) is 3.85. The molecule has 1 heterocycles.